The lowest BCUT2D eigenvalue weighted by atomic mass is 9.71. The maximum Gasteiger partial charge on any atom is 0.317 e. The van der Waals surface area contributed by atoms with Crippen molar-refractivity contribution in [2.45, 2.75) is 51.2 Å². The van der Waals surface area contributed by atoms with Crippen LogP contribution in [0.4, 0.5) is 8.78 Å². The topological polar surface area (TPSA) is 47.7 Å². The summed E-state index contributed by atoms with van der Waals surface area (Å²) in [6, 6.07) is 2.89. The number of halogens is 2. The molecule has 0 aliphatic heterocycles. The molecule has 0 aromatic heterocycles. The minimum absolute atomic E-state index is 0.0506. The van der Waals surface area contributed by atoms with Crippen LogP contribution in [0.2, 0.25) is 0 Å². The van der Waals surface area contributed by atoms with Gasteiger partial charge in [-0.15, -0.1) is 0 Å². The van der Waals surface area contributed by atoms with Crippen LogP contribution in [0.3, 0.4) is 0 Å². The molecule has 1 aromatic carbocycles. The summed E-state index contributed by atoms with van der Waals surface area (Å²) in [4.78, 5) is 27.9. The number of carbonyl (C=O) groups excluding carboxylic acids is 2. The van der Waals surface area contributed by atoms with Gasteiger partial charge in [0.05, 0.1) is 12.0 Å². The highest BCUT2D eigenvalue weighted by Crippen LogP contribution is 2.43. The van der Waals surface area contributed by atoms with E-state index in [0.29, 0.717) is 0 Å². The standard InChI is InChI=1S/C18H19F2NO3/c1-17(2,3)24-16(23)12-10-18(21-4,8-7-15(12)22)13-9-11(19)5-6-14(13)20/h5-6,9,12H,7-8,10H2,1-3H3. The van der Waals surface area contributed by atoms with E-state index in [2.05, 4.69) is 4.85 Å². The Morgan fingerprint density at radius 3 is 2.62 bits per heavy atom. The monoisotopic (exact) mass is 335 g/mol. The predicted molar refractivity (Wildman–Crippen MR) is 82.8 cm³/mol. The van der Waals surface area contributed by atoms with Crippen LogP contribution in [-0.4, -0.2) is 17.4 Å². The molecule has 6 heteroatoms. The zero-order valence-electron chi connectivity index (χ0n) is 13.9. The van der Waals surface area contributed by atoms with E-state index in [1.807, 2.05) is 0 Å². The average Bonchev–Trinajstić information content (AvgIpc) is 2.49. The van der Waals surface area contributed by atoms with Crippen molar-refractivity contribution in [1.82, 2.24) is 0 Å². The van der Waals surface area contributed by atoms with Gasteiger partial charge < -0.3 is 9.58 Å². The Labute approximate surface area is 139 Å². The summed E-state index contributed by atoms with van der Waals surface area (Å²) < 4.78 is 33.0. The van der Waals surface area contributed by atoms with Crippen molar-refractivity contribution < 1.29 is 23.1 Å². The molecule has 128 valence electrons. The Morgan fingerprint density at radius 1 is 1.38 bits per heavy atom. The van der Waals surface area contributed by atoms with E-state index in [1.165, 1.54) is 0 Å². The second-order valence-electron chi connectivity index (χ2n) is 7.02. The van der Waals surface area contributed by atoms with Gasteiger partial charge in [-0.25, -0.2) is 15.4 Å². The SMILES string of the molecule is [C-]#[N+]C1(c2cc(F)ccc2F)CCC(=O)C(C(=O)OC(C)(C)C)C1. The summed E-state index contributed by atoms with van der Waals surface area (Å²) in [7, 11) is 0. The number of ether oxygens (including phenoxy) is 1. The zero-order chi connectivity index (χ0) is 18.1. The Balaban J connectivity index is 2.39. The molecule has 1 aliphatic rings. The molecule has 0 saturated heterocycles. The lowest BCUT2D eigenvalue weighted by molar-refractivity contribution is -0.163. The molecule has 0 bridgehead atoms. The molecule has 1 aromatic rings. The number of esters is 1. The Bertz CT molecular complexity index is 718. The van der Waals surface area contributed by atoms with E-state index in [-0.39, 0.29) is 30.6 Å². The van der Waals surface area contributed by atoms with Gasteiger partial charge in [-0.2, -0.15) is 0 Å². The lowest BCUT2D eigenvalue weighted by Gasteiger charge is -2.32. The van der Waals surface area contributed by atoms with Crippen molar-refractivity contribution in [3.63, 3.8) is 0 Å². The molecule has 1 fully saturated rings. The van der Waals surface area contributed by atoms with Crippen molar-refractivity contribution >= 4 is 11.8 Å². The molecule has 2 unspecified atom stereocenters. The van der Waals surface area contributed by atoms with E-state index >= 15 is 0 Å². The highest BCUT2D eigenvalue weighted by Gasteiger charge is 2.52. The van der Waals surface area contributed by atoms with Crippen LogP contribution in [0.5, 0.6) is 0 Å². The average molecular weight is 335 g/mol. The van der Waals surface area contributed by atoms with Gasteiger partial charge in [0, 0.05) is 12.8 Å². The van der Waals surface area contributed by atoms with Gasteiger partial charge in [-0.3, -0.25) is 9.59 Å². The van der Waals surface area contributed by atoms with Gasteiger partial charge in [0.2, 0.25) is 0 Å². The van der Waals surface area contributed by atoms with Gasteiger partial charge in [-0.05, 0) is 39.0 Å². The van der Waals surface area contributed by atoms with E-state index in [4.69, 9.17) is 11.3 Å². The second-order valence-corrected chi connectivity index (χ2v) is 7.02. The first-order valence-corrected chi connectivity index (χ1v) is 7.68. The third kappa shape index (κ3) is 3.61. The molecule has 1 aliphatic carbocycles. The Hall–Kier alpha value is -2.29. The van der Waals surface area contributed by atoms with E-state index in [9.17, 15) is 18.4 Å². The highest BCUT2D eigenvalue weighted by atomic mass is 19.1. The van der Waals surface area contributed by atoms with E-state index in [1.54, 1.807) is 20.8 Å². The smallest absolute Gasteiger partial charge is 0.317 e. The summed E-state index contributed by atoms with van der Waals surface area (Å²) in [5.41, 5.74) is -2.33. The quantitative estimate of drug-likeness (QED) is 0.469. The Morgan fingerprint density at radius 2 is 2.04 bits per heavy atom. The lowest BCUT2D eigenvalue weighted by Crippen LogP contribution is -2.42. The summed E-state index contributed by atoms with van der Waals surface area (Å²) in [5.74, 6) is -3.59. The fourth-order valence-electron chi connectivity index (χ4n) is 2.91. The van der Waals surface area contributed by atoms with Crippen LogP contribution in [0.25, 0.3) is 4.85 Å². The van der Waals surface area contributed by atoms with Crippen molar-refractivity contribution in [3.8, 4) is 0 Å². The van der Waals surface area contributed by atoms with Crippen molar-refractivity contribution in [2.75, 3.05) is 0 Å². The first-order chi connectivity index (χ1) is 11.1. The molecular weight excluding hydrogens is 316 g/mol. The van der Waals surface area contributed by atoms with Crippen LogP contribution in [0.15, 0.2) is 18.2 Å². The number of ketones is 1. The van der Waals surface area contributed by atoms with Gasteiger partial charge in [-0.1, -0.05) is 0 Å². The summed E-state index contributed by atoms with van der Waals surface area (Å²) in [6.45, 7) is 12.5. The van der Waals surface area contributed by atoms with Gasteiger partial charge >= 0.3 is 5.97 Å². The maximum absolute atomic E-state index is 14.2. The van der Waals surface area contributed by atoms with E-state index in [0.717, 1.165) is 18.2 Å². The number of benzene rings is 1. The van der Waals surface area contributed by atoms with Crippen LogP contribution < -0.4 is 0 Å². The molecule has 4 nitrogen and oxygen atoms in total. The van der Waals surface area contributed by atoms with Crippen molar-refractivity contribution in [1.29, 1.82) is 0 Å². The summed E-state index contributed by atoms with van der Waals surface area (Å²) in [5, 5.41) is 0. The minimum Gasteiger partial charge on any atom is -0.459 e. The predicted octanol–water partition coefficient (Wildman–Crippen LogP) is 3.79. The Kier molecular flexibility index (Phi) is 4.75. The number of rotatable bonds is 2. The number of Topliss-reactive ketones (excluding diaryl/α,β-unsaturated/α-hetero) is 1. The first-order valence-electron chi connectivity index (χ1n) is 7.68. The number of hydrogen-bond donors (Lipinski definition) is 0. The van der Waals surface area contributed by atoms with E-state index < -0.39 is 34.7 Å². The molecule has 1 saturated carbocycles. The molecular formula is C18H19F2NO3. The first kappa shape index (κ1) is 18.1. The maximum atomic E-state index is 14.2. The van der Waals surface area contributed by atoms with Crippen LogP contribution in [-0.2, 0) is 19.9 Å². The normalized spacial score (nSPS) is 24.3. The molecule has 24 heavy (non-hydrogen) atoms. The van der Waals surface area contributed by atoms with Gasteiger partial charge in [0.25, 0.3) is 5.54 Å². The largest absolute Gasteiger partial charge is 0.459 e. The third-order valence-electron chi connectivity index (χ3n) is 4.05. The minimum atomic E-state index is -1.44. The van der Waals surface area contributed by atoms with Crippen molar-refractivity contribution in [2.24, 2.45) is 5.92 Å². The molecule has 0 radical (unpaired) electrons. The van der Waals surface area contributed by atoms with Crippen LogP contribution in [0, 0.1) is 24.1 Å². The van der Waals surface area contributed by atoms with Crippen LogP contribution in [0.1, 0.15) is 45.6 Å². The van der Waals surface area contributed by atoms with Crippen LogP contribution >= 0.6 is 0 Å². The number of hydrogen-bond acceptors (Lipinski definition) is 3. The van der Waals surface area contributed by atoms with Gasteiger partial charge in [0.1, 0.15) is 28.9 Å². The highest BCUT2D eigenvalue weighted by molar-refractivity contribution is 6.00. The zero-order valence-corrected chi connectivity index (χ0v) is 13.9. The molecule has 2 rings (SSSR count). The molecule has 0 spiro atoms. The number of nitrogens with zero attached hydrogens (tertiary/aromatic N) is 1. The molecule has 2 atom stereocenters. The van der Waals surface area contributed by atoms with Gasteiger partial charge in [0.15, 0.2) is 0 Å². The third-order valence-corrected chi connectivity index (χ3v) is 4.05. The second kappa shape index (κ2) is 6.31. The summed E-state index contributed by atoms with van der Waals surface area (Å²) >= 11 is 0. The molecule has 0 amide bonds. The van der Waals surface area contributed by atoms with Crippen molar-refractivity contribution in [3.05, 3.63) is 46.8 Å². The summed E-state index contributed by atoms with van der Waals surface area (Å²) in [6.07, 6.45) is -0.206. The fraction of sp³-hybridized carbons (Fsp3) is 0.500. The molecule has 0 N–H and O–H groups in total. The fourth-order valence-corrected chi connectivity index (χ4v) is 2.91. The number of carbonyl (C=O) groups is 2. The molecule has 0 heterocycles.